The molecular formula is C15H25ClN2S. The van der Waals surface area contributed by atoms with Crippen LogP contribution >= 0.6 is 23.7 Å². The number of hydrogen-bond acceptors (Lipinski definition) is 3. The van der Waals surface area contributed by atoms with E-state index in [9.17, 15) is 0 Å². The van der Waals surface area contributed by atoms with Gasteiger partial charge in [0.05, 0.1) is 0 Å². The van der Waals surface area contributed by atoms with Gasteiger partial charge in [-0.25, -0.2) is 0 Å². The maximum atomic E-state index is 3.53. The highest BCUT2D eigenvalue weighted by atomic mass is 35.5. The zero-order chi connectivity index (χ0) is 12.2. The molecule has 1 aromatic heterocycles. The lowest BCUT2D eigenvalue weighted by Gasteiger charge is -2.35. The van der Waals surface area contributed by atoms with Gasteiger partial charge >= 0.3 is 0 Å². The molecule has 3 heterocycles. The van der Waals surface area contributed by atoms with Crippen LogP contribution < -0.4 is 5.32 Å². The Morgan fingerprint density at radius 3 is 2.74 bits per heavy atom. The maximum Gasteiger partial charge on any atom is 0.00218 e. The number of nitrogens with one attached hydrogen (secondary N) is 1. The summed E-state index contributed by atoms with van der Waals surface area (Å²) in [6.45, 7) is 6.40. The van der Waals surface area contributed by atoms with Crippen molar-refractivity contribution in [3.05, 3.63) is 22.4 Å². The Balaban J connectivity index is 0.00000133. The van der Waals surface area contributed by atoms with Gasteiger partial charge in [-0.05, 0) is 86.1 Å². The van der Waals surface area contributed by atoms with Gasteiger partial charge in [-0.15, -0.1) is 12.4 Å². The summed E-state index contributed by atoms with van der Waals surface area (Å²) in [6, 6.07) is 2.32. The fourth-order valence-corrected chi connectivity index (χ4v) is 4.14. The van der Waals surface area contributed by atoms with Gasteiger partial charge < -0.3 is 10.2 Å². The fourth-order valence-electron chi connectivity index (χ4n) is 3.40. The van der Waals surface area contributed by atoms with Gasteiger partial charge in [0.1, 0.15) is 0 Å². The Hall–Kier alpha value is -0.0900. The summed E-state index contributed by atoms with van der Waals surface area (Å²) >= 11 is 1.84. The first-order valence-corrected chi connectivity index (χ1v) is 8.31. The number of nitrogens with zero attached hydrogens (tertiary/aromatic N) is 1. The number of likely N-dealkylation sites (tertiary alicyclic amines) is 1. The van der Waals surface area contributed by atoms with Gasteiger partial charge in [0.25, 0.3) is 0 Å². The van der Waals surface area contributed by atoms with E-state index in [1.807, 2.05) is 11.3 Å². The lowest BCUT2D eigenvalue weighted by Crippen LogP contribution is -2.41. The van der Waals surface area contributed by atoms with Gasteiger partial charge in [-0.1, -0.05) is 0 Å². The number of hydrogen-bond donors (Lipinski definition) is 1. The average molecular weight is 301 g/mol. The van der Waals surface area contributed by atoms with E-state index in [2.05, 4.69) is 27.0 Å². The van der Waals surface area contributed by atoms with Gasteiger partial charge in [0.2, 0.25) is 0 Å². The SMILES string of the molecule is Cl.c1cc(C2CCN(CC3CCCNC3)CC2)cs1. The average Bonchev–Trinajstić information content (AvgIpc) is 2.95. The molecule has 0 amide bonds. The minimum absolute atomic E-state index is 0. The van der Waals surface area contributed by atoms with Gasteiger partial charge in [-0.3, -0.25) is 0 Å². The van der Waals surface area contributed by atoms with Crippen molar-refractivity contribution in [3.8, 4) is 0 Å². The minimum Gasteiger partial charge on any atom is -0.316 e. The molecule has 1 aromatic rings. The molecule has 19 heavy (non-hydrogen) atoms. The summed E-state index contributed by atoms with van der Waals surface area (Å²) in [5.74, 6) is 1.73. The molecule has 1 atom stereocenters. The van der Waals surface area contributed by atoms with Crippen molar-refractivity contribution in [1.82, 2.24) is 10.2 Å². The smallest absolute Gasteiger partial charge is 0.00218 e. The molecule has 3 rings (SSSR count). The van der Waals surface area contributed by atoms with Crippen LogP contribution in [0.15, 0.2) is 16.8 Å². The van der Waals surface area contributed by atoms with Crippen LogP contribution in [0.1, 0.15) is 37.2 Å². The van der Waals surface area contributed by atoms with Crippen LogP contribution in [-0.2, 0) is 0 Å². The molecule has 0 bridgehead atoms. The highest BCUT2D eigenvalue weighted by Gasteiger charge is 2.23. The molecule has 0 aromatic carbocycles. The normalized spacial score (nSPS) is 26.0. The maximum absolute atomic E-state index is 3.53. The molecule has 2 saturated heterocycles. The Morgan fingerprint density at radius 1 is 1.26 bits per heavy atom. The lowest BCUT2D eigenvalue weighted by atomic mass is 9.90. The summed E-state index contributed by atoms with van der Waals surface area (Å²) in [7, 11) is 0. The van der Waals surface area contributed by atoms with Crippen LogP contribution in [0.3, 0.4) is 0 Å². The van der Waals surface area contributed by atoms with E-state index in [1.165, 1.54) is 58.4 Å². The van der Waals surface area contributed by atoms with E-state index in [0.29, 0.717) is 0 Å². The van der Waals surface area contributed by atoms with Gasteiger partial charge in [0.15, 0.2) is 0 Å². The monoisotopic (exact) mass is 300 g/mol. The van der Waals surface area contributed by atoms with Crippen molar-refractivity contribution in [1.29, 1.82) is 0 Å². The second-order valence-corrected chi connectivity index (χ2v) is 6.62. The highest BCUT2D eigenvalue weighted by molar-refractivity contribution is 7.07. The largest absolute Gasteiger partial charge is 0.316 e. The molecule has 2 nitrogen and oxygen atoms in total. The van der Waals surface area contributed by atoms with E-state index < -0.39 is 0 Å². The molecule has 108 valence electrons. The van der Waals surface area contributed by atoms with Crippen molar-refractivity contribution in [2.45, 2.75) is 31.6 Å². The quantitative estimate of drug-likeness (QED) is 0.921. The molecular weight excluding hydrogens is 276 g/mol. The first-order valence-electron chi connectivity index (χ1n) is 7.37. The second-order valence-electron chi connectivity index (χ2n) is 5.84. The molecule has 2 aliphatic rings. The summed E-state index contributed by atoms with van der Waals surface area (Å²) in [5.41, 5.74) is 1.58. The molecule has 2 aliphatic heterocycles. The van der Waals surface area contributed by atoms with Crippen LogP contribution in [0.2, 0.25) is 0 Å². The molecule has 0 aliphatic carbocycles. The van der Waals surface area contributed by atoms with Crippen molar-refractivity contribution in [2.24, 2.45) is 5.92 Å². The molecule has 1 N–H and O–H groups in total. The molecule has 0 radical (unpaired) electrons. The first-order chi connectivity index (χ1) is 8.92. The lowest BCUT2D eigenvalue weighted by molar-refractivity contribution is 0.169. The second kappa shape index (κ2) is 7.63. The predicted molar refractivity (Wildman–Crippen MR) is 85.6 cm³/mol. The third-order valence-corrected chi connectivity index (χ3v) is 5.22. The van der Waals surface area contributed by atoms with Crippen molar-refractivity contribution in [3.63, 3.8) is 0 Å². The predicted octanol–water partition coefficient (Wildman–Crippen LogP) is 3.35. The van der Waals surface area contributed by atoms with E-state index in [4.69, 9.17) is 0 Å². The third kappa shape index (κ3) is 4.19. The number of thiophene rings is 1. The Kier molecular flexibility index (Phi) is 6.14. The standard InChI is InChI=1S/C15H24N2S.ClH/c1-2-13(10-16-6-1)11-17-7-3-14(4-8-17)15-5-9-18-12-15;/h5,9,12-14,16H,1-4,6-8,10-11H2;1H. The van der Waals surface area contributed by atoms with Gasteiger partial charge in [-0.2, -0.15) is 11.3 Å². The third-order valence-electron chi connectivity index (χ3n) is 4.52. The Bertz CT molecular complexity index is 341. The summed E-state index contributed by atoms with van der Waals surface area (Å²) in [5, 5.41) is 8.09. The molecule has 1 unspecified atom stereocenters. The summed E-state index contributed by atoms with van der Waals surface area (Å²) in [6.07, 6.45) is 5.52. The Morgan fingerprint density at radius 2 is 2.11 bits per heavy atom. The highest BCUT2D eigenvalue weighted by Crippen LogP contribution is 2.29. The topological polar surface area (TPSA) is 15.3 Å². The fraction of sp³-hybridized carbons (Fsp3) is 0.733. The molecule has 0 saturated carbocycles. The molecule has 2 fully saturated rings. The zero-order valence-electron chi connectivity index (χ0n) is 11.5. The number of halogens is 1. The van der Waals surface area contributed by atoms with Crippen LogP contribution in [0.4, 0.5) is 0 Å². The van der Waals surface area contributed by atoms with E-state index >= 15 is 0 Å². The molecule has 4 heteroatoms. The van der Waals surface area contributed by atoms with E-state index in [1.54, 1.807) is 5.56 Å². The van der Waals surface area contributed by atoms with Crippen molar-refractivity contribution < 1.29 is 0 Å². The van der Waals surface area contributed by atoms with Crippen molar-refractivity contribution >= 4 is 23.7 Å². The Labute approximate surface area is 127 Å². The van der Waals surface area contributed by atoms with Crippen LogP contribution in [0.25, 0.3) is 0 Å². The number of rotatable bonds is 3. The minimum atomic E-state index is 0. The van der Waals surface area contributed by atoms with E-state index in [0.717, 1.165) is 11.8 Å². The van der Waals surface area contributed by atoms with Crippen LogP contribution in [0.5, 0.6) is 0 Å². The van der Waals surface area contributed by atoms with Crippen molar-refractivity contribution in [2.75, 3.05) is 32.7 Å². The zero-order valence-corrected chi connectivity index (χ0v) is 13.1. The van der Waals surface area contributed by atoms with Crippen LogP contribution in [0, 0.1) is 5.92 Å². The van der Waals surface area contributed by atoms with Crippen LogP contribution in [-0.4, -0.2) is 37.6 Å². The van der Waals surface area contributed by atoms with E-state index in [-0.39, 0.29) is 12.4 Å². The first kappa shape index (κ1) is 15.3. The number of piperidine rings is 2. The van der Waals surface area contributed by atoms with Gasteiger partial charge in [0, 0.05) is 6.54 Å². The summed E-state index contributed by atoms with van der Waals surface area (Å²) < 4.78 is 0. The molecule has 0 spiro atoms. The summed E-state index contributed by atoms with van der Waals surface area (Å²) in [4.78, 5) is 2.69.